The molecule has 0 saturated heterocycles. The summed E-state index contributed by atoms with van der Waals surface area (Å²) < 4.78 is 46.1. The first-order valence-electron chi connectivity index (χ1n) is 7.73. The highest BCUT2D eigenvalue weighted by molar-refractivity contribution is 5.83. The Balaban J connectivity index is 2.43. The number of pyridine rings is 2. The van der Waals surface area contributed by atoms with Crippen molar-refractivity contribution in [2.75, 3.05) is 19.0 Å². The Hall–Kier alpha value is -3.10. The Morgan fingerprint density at radius 2 is 2.08 bits per heavy atom. The van der Waals surface area contributed by atoms with Crippen molar-refractivity contribution in [3.8, 4) is 17.0 Å². The summed E-state index contributed by atoms with van der Waals surface area (Å²) in [5, 5.41) is 2.88. The minimum atomic E-state index is -4.55. The summed E-state index contributed by atoms with van der Waals surface area (Å²) in [6.07, 6.45) is -1.85. The molecule has 3 aromatic heterocycles. The summed E-state index contributed by atoms with van der Waals surface area (Å²) in [4.78, 5) is 20.6. The zero-order valence-electron chi connectivity index (χ0n) is 14.0. The molecule has 3 heterocycles. The third kappa shape index (κ3) is 3.07. The monoisotopic (exact) mass is 364 g/mol. The number of alkyl halides is 3. The topological polar surface area (TPSA) is 68.5 Å². The molecule has 136 valence electrons. The van der Waals surface area contributed by atoms with Crippen LogP contribution in [0.15, 0.2) is 41.5 Å². The molecule has 0 radical (unpaired) electrons. The molecular weight excluding hydrogens is 349 g/mol. The maximum absolute atomic E-state index is 13.2. The second kappa shape index (κ2) is 6.66. The van der Waals surface area contributed by atoms with Crippen LogP contribution in [0.4, 0.5) is 19.1 Å². The van der Waals surface area contributed by atoms with E-state index in [2.05, 4.69) is 15.3 Å². The summed E-state index contributed by atoms with van der Waals surface area (Å²) in [5.74, 6) is 0.287. The van der Waals surface area contributed by atoms with Gasteiger partial charge in [-0.05, 0) is 31.2 Å². The Morgan fingerprint density at radius 1 is 1.31 bits per heavy atom. The van der Waals surface area contributed by atoms with Crippen molar-refractivity contribution >= 4 is 11.5 Å². The number of nitrogens with one attached hydrogen (secondary N) is 1. The summed E-state index contributed by atoms with van der Waals surface area (Å²) in [7, 11) is 1.37. The fraction of sp³-hybridized carbons (Fsp3) is 0.235. The van der Waals surface area contributed by atoms with E-state index in [9.17, 15) is 18.0 Å². The maximum Gasteiger partial charge on any atom is 0.416 e. The van der Waals surface area contributed by atoms with Crippen LogP contribution in [-0.4, -0.2) is 28.0 Å². The van der Waals surface area contributed by atoms with Gasteiger partial charge < -0.3 is 10.1 Å². The van der Waals surface area contributed by atoms with Crippen molar-refractivity contribution < 1.29 is 17.9 Å². The van der Waals surface area contributed by atoms with Crippen molar-refractivity contribution in [1.82, 2.24) is 14.4 Å². The van der Waals surface area contributed by atoms with Crippen molar-refractivity contribution in [1.29, 1.82) is 0 Å². The predicted molar refractivity (Wildman–Crippen MR) is 90.4 cm³/mol. The highest BCUT2D eigenvalue weighted by Gasteiger charge is 2.31. The van der Waals surface area contributed by atoms with Crippen molar-refractivity contribution in [2.45, 2.75) is 13.1 Å². The first-order valence-corrected chi connectivity index (χ1v) is 7.73. The van der Waals surface area contributed by atoms with E-state index in [1.807, 2.05) is 0 Å². The molecule has 3 rings (SSSR count). The molecule has 3 aromatic rings. The van der Waals surface area contributed by atoms with E-state index in [0.29, 0.717) is 6.54 Å². The molecule has 0 bridgehead atoms. The zero-order valence-corrected chi connectivity index (χ0v) is 14.0. The second-order valence-electron chi connectivity index (χ2n) is 5.37. The van der Waals surface area contributed by atoms with Gasteiger partial charge in [0, 0.05) is 18.9 Å². The number of anilines is 1. The number of fused-ring (bicyclic) bond motifs is 1. The highest BCUT2D eigenvalue weighted by Crippen LogP contribution is 2.34. The third-order valence-corrected chi connectivity index (χ3v) is 3.76. The molecule has 0 aliphatic heterocycles. The van der Waals surface area contributed by atoms with E-state index in [4.69, 9.17) is 4.74 Å². The van der Waals surface area contributed by atoms with Crippen LogP contribution in [0.25, 0.3) is 16.6 Å². The minimum Gasteiger partial charge on any atom is -0.481 e. The van der Waals surface area contributed by atoms with Gasteiger partial charge in [0.05, 0.1) is 29.3 Å². The van der Waals surface area contributed by atoms with Gasteiger partial charge in [0.1, 0.15) is 0 Å². The largest absolute Gasteiger partial charge is 0.481 e. The minimum absolute atomic E-state index is 0.0114. The molecule has 6 nitrogen and oxygen atoms in total. The number of ether oxygens (including phenoxy) is 1. The van der Waals surface area contributed by atoms with Crippen molar-refractivity contribution in [3.05, 3.63) is 52.6 Å². The van der Waals surface area contributed by atoms with Gasteiger partial charge in [0.15, 0.2) is 0 Å². The SMILES string of the molecule is CCNc1nc(=O)c(-c2cccnc2OC)c2cc(C(F)(F)F)ccn12. The predicted octanol–water partition coefficient (Wildman–Crippen LogP) is 3.22. The molecule has 0 unspecified atom stereocenters. The van der Waals surface area contributed by atoms with Crippen LogP contribution in [0.1, 0.15) is 12.5 Å². The molecule has 0 spiro atoms. The Kier molecular flexibility index (Phi) is 4.54. The van der Waals surface area contributed by atoms with Crippen LogP contribution in [0.2, 0.25) is 0 Å². The lowest BCUT2D eigenvalue weighted by Crippen LogP contribution is -2.19. The van der Waals surface area contributed by atoms with Crippen LogP contribution >= 0.6 is 0 Å². The Bertz CT molecular complexity index is 1020. The summed E-state index contributed by atoms with van der Waals surface area (Å²) in [6, 6.07) is 4.98. The first kappa shape index (κ1) is 17.7. The number of methoxy groups -OCH3 is 1. The lowest BCUT2D eigenvalue weighted by atomic mass is 10.1. The molecule has 9 heteroatoms. The van der Waals surface area contributed by atoms with Gasteiger partial charge in [-0.25, -0.2) is 4.98 Å². The molecule has 1 N–H and O–H groups in total. The molecule has 0 saturated carbocycles. The van der Waals surface area contributed by atoms with Gasteiger partial charge >= 0.3 is 6.18 Å². The number of rotatable bonds is 4. The average Bonchev–Trinajstić information content (AvgIpc) is 2.61. The Morgan fingerprint density at radius 3 is 2.73 bits per heavy atom. The van der Waals surface area contributed by atoms with Gasteiger partial charge in [-0.3, -0.25) is 9.20 Å². The van der Waals surface area contributed by atoms with E-state index < -0.39 is 17.3 Å². The summed E-state index contributed by atoms with van der Waals surface area (Å²) >= 11 is 0. The number of nitrogens with zero attached hydrogens (tertiary/aromatic N) is 3. The smallest absolute Gasteiger partial charge is 0.416 e. The lowest BCUT2D eigenvalue weighted by molar-refractivity contribution is -0.137. The van der Waals surface area contributed by atoms with E-state index in [1.54, 1.807) is 19.1 Å². The van der Waals surface area contributed by atoms with Gasteiger partial charge in [-0.15, -0.1) is 0 Å². The van der Waals surface area contributed by atoms with Gasteiger partial charge in [0.2, 0.25) is 11.8 Å². The summed E-state index contributed by atoms with van der Waals surface area (Å²) in [5.41, 5.74) is -1.22. The highest BCUT2D eigenvalue weighted by atomic mass is 19.4. The first-order chi connectivity index (χ1) is 12.4. The van der Waals surface area contributed by atoms with Crippen molar-refractivity contribution in [3.63, 3.8) is 0 Å². The fourth-order valence-corrected chi connectivity index (χ4v) is 2.65. The van der Waals surface area contributed by atoms with E-state index in [1.165, 1.54) is 23.9 Å². The van der Waals surface area contributed by atoms with Gasteiger partial charge in [-0.2, -0.15) is 18.2 Å². The number of hydrogen-bond acceptors (Lipinski definition) is 5. The van der Waals surface area contributed by atoms with Crippen LogP contribution in [0, 0.1) is 0 Å². The molecule has 26 heavy (non-hydrogen) atoms. The molecule has 0 amide bonds. The maximum atomic E-state index is 13.2. The molecule has 0 aliphatic rings. The second-order valence-corrected chi connectivity index (χ2v) is 5.37. The number of aromatic nitrogens is 3. The average molecular weight is 364 g/mol. The zero-order chi connectivity index (χ0) is 18.9. The molecule has 0 aromatic carbocycles. The normalized spacial score (nSPS) is 11.6. The van der Waals surface area contributed by atoms with E-state index in [-0.39, 0.29) is 28.5 Å². The van der Waals surface area contributed by atoms with E-state index >= 15 is 0 Å². The number of hydrogen-bond donors (Lipinski definition) is 1. The molecular formula is C17H15F3N4O2. The van der Waals surface area contributed by atoms with Crippen LogP contribution in [-0.2, 0) is 6.18 Å². The quantitative estimate of drug-likeness (QED) is 0.770. The van der Waals surface area contributed by atoms with Crippen LogP contribution in [0.5, 0.6) is 5.88 Å². The molecule has 0 aliphatic carbocycles. The standard InChI is InChI=1S/C17H15F3N4O2/c1-3-21-16-23-14(25)13(11-5-4-7-22-15(11)26-2)12-9-10(17(18,19)20)6-8-24(12)16/h4-9H,3H2,1-2H3,(H,21,23,25). The Labute approximate surface area is 146 Å². The van der Waals surface area contributed by atoms with Crippen LogP contribution in [0.3, 0.4) is 0 Å². The van der Waals surface area contributed by atoms with Gasteiger partial charge in [0.25, 0.3) is 5.56 Å². The summed E-state index contributed by atoms with van der Waals surface area (Å²) in [6.45, 7) is 2.24. The molecule has 0 fully saturated rings. The lowest BCUT2D eigenvalue weighted by Gasteiger charge is -2.15. The fourth-order valence-electron chi connectivity index (χ4n) is 2.65. The van der Waals surface area contributed by atoms with E-state index in [0.717, 1.165) is 12.1 Å². The van der Waals surface area contributed by atoms with Gasteiger partial charge in [-0.1, -0.05) is 0 Å². The third-order valence-electron chi connectivity index (χ3n) is 3.76. The number of halogens is 3. The van der Waals surface area contributed by atoms with Crippen molar-refractivity contribution in [2.24, 2.45) is 0 Å². The molecule has 0 atom stereocenters. The van der Waals surface area contributed by atoms with Crippen LogP contribution < -0.4 is 15.6 Å².